The molecule has 0 aromatic heterocycles. The van der Waals surface area contributed by atoms with Gasteiger partial charge in [0.1, 0.15) is 23.7 Å². The van der Waals surface area contributed by atoms with Crippen molar-refractivity contribution in [2.75, 3.05) is 0 Å². The van der Waals surface area contributed by atoms with E-state index >= 15 is 0 Å². The zero-order chi connectivity index (χ0) is 19.3. The molecule has 3 aliphatic rings. The van der Waals surface area contributed by atoms with Crippen LogP contribution < -0.4 is 9.47 Å². The van der Waals surface area contributed by atoms with Crippen LogP contribution in [0.15, 0.2) is 23.8 Å². The zero-order valence-corrected chi connectivity index (χ0v) is 16.3. The first-order valence-corrected chi connectivity index (χ1v) is 9.69. The van der Waals surface area contributed by atoms with Crippen LogP contribution in [0.4, 0.5) is 0 Å². The summed E-state index contributed by atoms with van der Waals surface area (Å²) >= 11 is 0. The second-order valence-corrected chi connectivity index (χ2v) is 8.18. The molecule has 1 saturated carbocycles. The van der Waals surface area contributed by atoms with Crippen molar-refractivity contribution in [3.8, 4) is 11.5 Å². The molecule has 0 saturated heterocycles. The Balaban J connectivity index is 1.71. The first-order valence-electron chi connectivity index (χ1n) is 9.69. The van der Waals surface area contributed by atoms with Crippen molar-refractivity contribution in [1.29, 1.82) is 0 Å². The van der Waals surface area contributed by atoms with E-state index in [4.69, 9.17) is 14.2 Å². The number of esters is 2. The lowest BCUT2D eigenvalue weighted by atomic mass is 9.63. The molecule has 0 radical (unpaired) electrons. The summed E-state index contributed by atoms with van der Waals surface area (Å²) in [4.78, 5) is 22.8. The third-order valence-corrected chi connectivity index (χ3v) is 6.48. The molecule has 144 valence electrons. The van der Waals surface area contributed by atoms with Gasteiger partial charge in [0.15, 0.2) is 0 Å². The lowest BCUT2D eigenvalue weighted by molar-refractivity contribution is -0.152. The van der Waals surface area contributed by atoms with E-state index in [1.54, 1.807) is 6.07 Å². The van der Waals surface area contributed by atoms with Crippen LogP contribution in [0.25, 0.3) is 5.57 Å². The third-order valence-electron chi connectivity index (χ3n) is 6.48. The Morgan fingerprint density at radius 1 is 1.19 bits per heavy atom. The second-order valence-electron chi connectivity index (χ2n) is 8.18. The summed E-state index contributed by atoms with van der Waals surface area (Å²) in [7, 11) is 0. The molecule has 4 rings (SSSR count). The smallest absolute Gasteiger partial charge is 0.308 e. The highest BCUT2D eigenvalue weighted by Gasteiger charge is 2.54. The number of ether oxygens (including phenoxy) is 3. The van der Waals surface area contributed by atoms with Gasteiger partial charge < -0.3 is 14.2 Å². The van der Waals surface area contributed by atoms with Gasteiger partial charge in [-0.05, 0) is 61.8 Å². The summed E-state index contributed by atoms with van der Waals surface area (Å²) in [6.45, 7) is 7.23. The highest BCUT2D eigenvalue weighted by Crippen LogP contribution is 2.59. The number of rotatable bonds is 2. The van der Waals surface area contributed by atoms with Gasteiger partial charge >= 0.3 is 11.9 Å². The maximum Gasteiger partial charge on any atom is 0.308 e. The van der Waals surface area contributed by atoms with Crippen LogP contribution in [0, 0.1) is 11.3 Å². The Kier molecular flexibility index (Phi) is 4.28. The fourth-order valence-corrected chi connectivity index (χ4v) is 5.34. The maximum absolute atomic E-state index is 11.5. The van der Waals surface area contributed by atoms with Crippen LogP contribution >= 0.6 is 0 Å². The van der Waals surface area contributed by atoms with Crippen molar-refractivity contribution < 1.29 is 23.8 Å². The Bertz CT molecular complexity index is 839. The predicted octanol–water partition coefficient (Wildman–Crippen LogP) is 4.29. The normalized spacial score (nSPS) is 31.3. The molecular weight excluding hydrogens is 344 g/mol. The first-order chi connectivity index (χ1) is 12.8. The van der Waals surface area contributed by atoms with Gasteiger partial charge in [0.2, 0.25) is 0 Å². The van der Waals surface area contributed by atoms with Crippen molar-refractivity contribution in [2.45, 2.75) is 65.6 Å². The number of carbonyl (C=O) groups is 2. The number of hydrogen-bond donors (Lipinski definition) is 0. The summed E-state index contributed by atoms with van der Waals surface area (Å²) < 4.78 is 17.1. The van der Waals surface area contributed by atoms with Crippen LogP contribution in [-0.4, -0.2) is 24.1 Å². The van der Waals surface area contributed by atoms with Gasteiger partial charge in [-0.3, -0.25) is 9.59 Å². The average Bonchev–Trinajstić information content (AvgIpc) is 2.90. The van der Waals surface area contributed by atoms with E-state index in [0.717, 1.165) is 37.0 Å². The quantitative estimate of drug-likeness (QED) is 0.574. The van der Waals surface area contributed by atoms with Crippen LogP contribution in [-0.2, 0) is 14.3 Å². The molecule has 4 atom stereocenters. The highest BCUT2D eigenvalue weighted by molar-refractivity contribution is 5.78. The summed E-state index contributed by atoms with van der Waals surface area (Å²) in [6.07, 6.45) is 3.79. The molecule has 1 fully saturated rings. The largest absolute Gasteiger partial charge is 0.486 e. The molecule has 5 nitrogen and oxygen atoms in total. The van der Waals surface area contributed by atoms with Crippen molar-refractivity contribution in [2.24, 2.45) is 11.3 Å². The predicted molar refractivity (Wildman–Crippen MR) is 100 cm³/mol. The minimum absolute atomic E-state index is 0.0195. The molecule has 27 heavy (non-hydrogen) atoms. The summed E-state index contributed by atoms with van der Waals surface area (Å²) in [6, 6.07) is 5.63. The Morgan fingerprint density at radius 3 is 2.67 bits per heavy atom. The molecule has 1 aliphatic heterocycles. The minimum atomic E-state index is -0.338. The third kappa shape index (κ3) is 2.93. The van der Waals surface area contributed by atoms with Crippen LogP contribution in [0.3, 0.4) is 0 Å². The average molecular weight is 370 g/mol. The molecule has 0 bridgehead atoms. The fraction of sp³-hybridized carbons (Fsp3) is 0.545. The molecule has 0 N–H and O–H groups in total. The van der Waals surface area contributed by atoms with E-state index in [1.807, 2.05) is 12.1 Å². The number of allylic oxidation sites excluding steroid dienone is 1. The summed E-state index contributed by atoms with van der Waals surface area (Å²) in [5.74, 6) is 1.11. The van der Waals surface area contributed by atoms with Gasteiger partial charge in [-0.25, -0.2) is 0 Å². The zero-order valence-electron chi connectivity index (χ0n) is 16.3. The summed E-state index contributed by atoms with van der Waals surface area (Å²) in [5.41, 5.74) is 3.77. The monoisotopic (exact) mass is 370 g/mol. The Hall–Kier alpha value is -2.30. The number of hydrogen-bond acceptors (Lipinski definition) is 5. The second kappa shape index (κ2) is 6.39. The molecule has 0 unspecified atom stereocenters. The molecular formula is C22H26O5. The van der Waals surface area contributed by atoms with Gasteiger partial charge in [-0.15, -0.1) is 0 Å². The van der Waals surface area contributed by atoms with E-state index in [0.29, 0.717) is 11.7 Å². The molecule has 0 amide bonds. The maximum atomic E-state index is 11.5. The van der Waals surface area contributed by atoms with Gasteiger partial charge in [0.05, 0.1) is 0 Å². The van der Waals surface area contributed by atoms with Crippen LogP contribution in [0.5, 0.6) is 11.5 Å². The van der Waals surface area contributed by atoms with E-state index in [1.165, 1.54) is 25.0 Å². The Morgan fingerprint density at radius 2 is 1.96 bits per heavy atom. The van der Waals surface area contributed by atoms with Gasteiger partial charge in [-0.2, -0.15) is 0 Å². The standard InChI is InChI=1S/C22H26O5/c1-12-21-17(16-6-5-15(26-13(2)23)11-19(16)25-12)9-10-22(4)18(21)7-8-20(22)27-14(3)24/h5-6,11-12,18,20H,7-10H2,1-4H3/t12-,18+,20+,22-/m0/s1. The van der Waals surface area contributed by atoms with Crippen molar-refractivity contribution in [3.63, 3.8) is 0 Å². The molecule has 1 aromatic carbocycles. The topological polar surface area (TPSA) is 61.8 Å². The molecule has 1 heterocycles. The Labute approximate surface area is 159 Å². The molecule has 0 spiro atoms. The SMILES string of the molecule is CC(=O)Oc1ccc2c(c1)O[C@@H](C)C1=C2CC[C@@]2(C)[C@@H]1CC[C@H]2OC(C)=O. The van der Waals surface area contributed by atoms with E-state index < -0.39 is 0 Å². The van der Waals surface area contributed by atoms with E-state index in [2.05, 4.69) is 13.8 Å². The van der Waals surface area contributed by atoms with Gasteiger partial charge in [0, 0.05) is 30.9 Å². The number of benzene rings is 1. The summed E-state index contributed by atoms with van der Waals surface area (Å²) in [5, 5.41) is 0. The van der Waals surface area contributed by atoms with Gasteiger partial charge in [-0.1, -0.05) is 6.92 Å². The van der Waals surface area contributed by atoms with Crippen molar-refractivity contribution >= 4 is 17.5 Å². The first kappa shape index (κ1) is 18.1. The number of carbonyl (C=O) groups excluding carboxylic acids is 2. The lowest BCUT2D eigenvalue weighted by Crippen LogP contribution is -2.42. The van der Waals surface area contributed by atoms with Crippen molar-refractivity contribution in [1.82, 2.24) is 0 Å². The fourth-order valence-electron chi connectivity index (χ4n) is 5.34. The molecule has 5 heteroatoms. The lowest BCUT2D eigenvalue weighted by Gasteiger charge is -2.45. The van der Waals surface area contributed by atoms with E-state index in [-0.39, 0.29) is 29.6 Å². The molecule has 2 aliphatic carbocycles. The minimum Gasteiger partial charge on any atom is -0.486 e. The van der Waals surface area contributed by atoms with E-state index in [9.17, 15) is 9.59 Å². The van der Waals surface area contributed by atoms with Gasteiger partial charge in [0.25, 0.3) is 0 Å². The van der Waals surface area contributed by atoms with Crippen LogP contribution in [0.2, 0.25) is 0 Å². The van der Waals surface area contributed by atoms with Crippen molar-refractivity contribution in [3.05, 3.63) is 29.3 Å². The van der Waals surface area contributed by atoms with Crippen LogP contribution in [0.1, 0.15) is 58.9 Å². The molecule has 1 aromatic rings. The number of fused-ring (bicyclic) bond motifs is 4. The highest BCUT2D eigenvalue weighted by atomic mass is 16.5.